The number of hydrogen-bond donors (Lipinski definition) is 0. The molecule has 0 radical (unpaired) electrons. The lowest BCUT2D eigenvalue weighted by Crippen LogP contribution is -2.31. The zero-order chi connectivity index (χ0) is 22.1. The maximum atomic E-state index is 12.7. The van der Waals surface area contributed by atoms with E-state index >= 15 is 0 Å². The van der Waals surface area contributed by atoms with Crippen LogP contribution in [0.15, 0.2) is 24.3 Å². The Morgan fingerprint density at radius 3 is 2.16 bits per heavy atom. The molecule has 31 heavy (non-hydrogen) atoms. The summed E-state index contributed by atoms with van der Waals surface area (Å²) in [5.74, 6) is 2.09. The van der Waals surface area contributed by atoms with Crippen LogP contribution in [0.3, 0.4) is 0 Å². The van der Waals surface area contributed by atoms with Crippen LogP contribution in [-0.2, 0) is 16.0 Å². The van der Waals surface area contributed by atoms with Gasteiger partial charge in [-0.05, 0) is 67.4 Å². The van der Waals surface area contributed by atoms with Gasteiger partial charge in [0.1, 0.15) is 11.6 Å². The second-order valence-corrected chi connectivity index (χ2v) is 10.4. The number of carbonyl (C=O) groups is 2. The molecule has 0 heterocycles. The van der Waals surface area contributed by atoms with Crippen LogP contribution in [0, 0.1) is 17.8 Å². The van der Waals surface area contributed by atoms with Crippen molar-refractivity contribution in [3.8, 4) is 0 Å². The monoisotopic (exact) mass is 424 g/mol. The largest absolute Gasteiger partial charge is 0.299 e. The first-order valence-corrected chi connectivity index (χ1v) is 13.2. The number of ketones is 2. The smallest absolute Gasteiger partial charge is 0.147 e. The molecule has 1 aromatic carbocycles. The molecule has 0 saturated heterocycles. The first-order valence-electron chi connectivity index (χ1n) is 13.2. The minimum Gasteiger partial charge on any atom is -0.299 e. The second-order valence-electron chi connectivity index (χ2n) is 10.4. The van der Waals surface area contributed by atoms with Crippen molar-refractivity contribution < 1.29 is 9.59 Å². The van der Waals surface area contributed by atoms with Crippen LogP contribution in [0.5, 0.6) is 0 Å². The molecule has 2 fully saturated rings. The Balaban J connectivity index is 1.41. The van der Waals surface area contributed by atoms with Crippen LogP contribution in [0.1, 0.15) is 121 Å². The molecule has 0 spiro atoms. The number of hydrogen-bond acceptors (Lipinski definition) is 2. The van der Waals surface area contributed by atoms with Crippen molar-refractivity contribution in [1.29, 1.82) is 0 Å². The van der Waals surface area contributed by atoms with E-state index in [1.807, 2.05) is 0 Å². The summed E-state index contributed by atoms with van der Waals surface area (Å²) in [5.41, 5.74) is 2.51. The first-order chi connectivity index (χ1) is 15.1. The third kappa shape index (κ3) is 7.29. The van der Waals surface area contributed by atoms with Crippen LogP contribution in [0.4, 0.5) is 0 Å². The highest BCUT2D eigenvalue weighted by Gasteiger charge is 2.32. The molecule has 2 heteroatoms. The SMILES string of the molecule is CCCCCCCC1CCC(c2ccc(CC(=O)C3CCC(CC)CC3=O)cc2)CC1. The quantitative estimate of drug-likeness (QED) is 0.268. The summed E-state index contributed by atoms with van der Waals surface area (Å²) < 4.78 is 0. The zero-order valence-corrected chi connectivity index (χ0v) is 20.0. The highest BCUT2D eigenvalue weighted by molar-refractivity contribution is 6.03. The topological polar surface area (TPSA) is 34.1 Å². The Labute approximate surface area is 190 Å². The summed E-state index contributed by atoms with van der Waals surface area (Å²) in [6, 6.07) is 8.76. The van der Waals surface area contributed by atoms with E-state index < -0.39 is 0 Å². The van der Waals surface area contributed by atoms with E-state index in [-0.39, 0.29) is 17.5 Å². The fourth-order valence-corrected chi connectivity index (χ4v) is 5.83. The fourth-order valence-electron chi connectivity index (χ4n) is 5.83. The molecule has 2 aliphatic carbocycles. The Bertz CT molecular complexity index is 681. The van der Waals surface area contributed by atoms with E-state index in [4.69, 9.17) is 0 Å². The van der Waals surface area contributed by atoms with Crippen molar-refractivity contribution >= 4 is 11.6 Å². The van der Waals surface area contributed by atoms with Crippen LogP contribution in [-0.4, -0.2) is 11.6 Å². The highest BCUT2D eigenvalue weighted by Crippen LogP contribution is 2.38. The predicted octanol–water partition coefficient (Wildman–Crippen LogP) is 7.83. The Kier molecular flexibility index (Phi) is 9.81. The summed E-state index contributed by atoms with van der Waals surface area (Å²) >= 11 is 0. The van der Waals surface area contributed by atoms with Crippen molar-refractivity contribution in [1.82, 2.24) is 0 Å². The molecule has 0 N–H and O–H groups in total. The molecule has 3 rings (SSSR count). The summed E-state index contributed by atoms with van der Waals surface area (Å²) in [7, 11) is 0. The van der Waals surface area contributed by atoms with Gasteiger partial charge in [0, 0.05) is 12.8 Å². The third-order valence-electron chi connectivity index (χ3n) is 8.10. The van der Waals surface area contributed by atoms with E-state index in [9.17, 15) is 9.59 Å². The molecular formula is C29H44O2. The van der Waals surface area contributed by atoms with Gasteiger partial charge < -0.3 is 0 Å². The van der Waals surface area contributed by atoms with Gasteiger partial charge in [-0.25, -0.2) is 0 Å². The van der Waals surface area contributed by atoms with E-state index in [2.05, 4.69) is 38.1 Å². The molecule has 0 amide bonds. The summed E-state index contributed by atoms with van der Waals surface area (Å²) in [5, 5.41) is 0. The molecular weight excluding hydrogens is 380 g/mol. The Morgan fingerprint density at radius 1 is 0.839 bits per heavy atom. The Morgan fingerprint density at radius 2 is 1.52 bits per heavy atom. The second kappa shape index (κ2) is 12.6. The Hall–Kier alpha value is -1.44. The molecule has 0 bridgehead atoms. The number of rotatable bonds is 11. The van der Waals surface area contributed by atoms with Gasteiger partial charge in [0.2, 0.25) is 0 Å². The molecule has 2 nitrogen and oxygen atoms in total. The average Bonchev–Trinajstić information content (AvgIpc) is 2.79. The van der Waals surface area contributed by atoms with Gasteiger partial charge in [-0.15, -0.1) is 0 Å². The van der Waals surface area contributed by atoms with E-state index in [0.717, 1.165) is 30.7 Å². The first kappa shape index (κ1) is 24.2. The molecule has 2 aliphatic rings. The number of Topliss-reactive ketones (excluding diaryl/α,β-unsaturated/α-hetero) is 2. The normalized spacial score (nSPS) is 26.7. The van der Waals surface area contributed by atoms with Crippen LogP contribution < -0.4 is 0 Å². The third-order valence-corrected chi connectivity index (χ3v) is 8.10. The molecule has 172 valence electrons. The van der Waals surface area contributed by atoms with Crippen molar-refractivity contribution in [3.05, 3.63) is 35.4 Å². The van der Waals surface area contributed by atoms with Gasteiger partial charge in [-0.2, -0.15) is 0 Å². The number of carbonyl (C=O) groups excluding carboxylic acids is 2. The van der Waals surface area contributed by atoms with E-state index in [1.54, 1.807) is 0 Å². The predicted molar refractivity (Wildman–Crippen MR) is 129 cm³/mol. The van der Waals surface area contributed by atoms with Crippen molar-refractivity contribution in [3.63, 3.8) is 0 Å². The minimum absolute atomic E-state index is 0.131. The maximum absolute atomic E-state index is 12.7. The molecule has 2 unspecified atom stereocenters. The van der Waals surface area contributed by atoms with Crippen LogP contribution in [0.2, 0.25) is 0 Å². The standard InChI is InChI=1S/C29H44O2/c1-3-5-6-7-8-9-23-10-15-25(16-11-23)26-17-12-24(13-18-26)21-29(31)27-19-14-22(4-2)20-28(27)30/h12-13,17-18,22-23,25,27H,3-11,14-16,19-21H2,1-2H3. The van der Waals surface area contributed by atoms with Gasteiger partial charge in [0.15, 0.2) is 0 Å². The molecule has 0 aromatic heterocycles. The minimum atomic E-state index is -0.347. The summed E-state index contributed by atoms with van der Waals surface area (Å²) in [6.45, 7) is 4.42. The summed E-state index contributed by atoms with van der Waals surface area (Å²) in [4.78, 5) is 25.1. The van der Waals surface area contributed by atoms with Gasteiger partial charge in [0.05, 0.1) is 5.92 Å². The van der Waals surface area contributed by atoms with Crippen LogP contribution >= 0.6 is 0 Å². The summed E-state index contributed by atoms with van der Waals surface area (Å²) in [6.07, 6.45) is 17.6. The maximum Gasteiger partial charge on any atom is 0.147 e. The van der Waals surface area contributed by atoms with Crippen molar-refractivity contribution in [2.45, 2.75) is 116 Å². The highest BCUT2D eigenvalue weighted by atomic mass is 16.1. The number of benzene rings is 1. The van der Waals surface area contributed by atoms with Gasteiger partial charge in [-0.3, -0.25) is 9.59 Å². The van der Waals surface area contributed by atoms with Gasteiger partial charge >= 0.3 is 0 Å². The molecule has 1 aromatic rings. The van der Waals surface area contributed by atoms with E-state index in [0.29, 0.717) is 24.7 Å². The zero-order valence-electron chi connectivity index (χ0n) is 20.0. The molecule has 2 saturated carbocycles. The lowest BCUT2D eigenvalue weighted by molar-refractivity contribution is -0.135. The lowest BCUT2D eigenvalue weighted by atomic mass is 9.76. The van der Waals surface area contributed by atoms with Crippen LogP contribution in [0.25, 0.3) is 0 Å². The van der Waals surface area contributed by atoms with Gasteiger partial charge in [-0.1, -0.05) is 83.1 Å². The fraction of sp³-hybridized carbons (Fsp3) is 0.724. The molecule has 0 aliphatic heterocycles. The number of unbranched alkanes of at least 4 members (excludes halogenated alkanes) is 4. The average molecular weight is 425 g/mol. The van der Waals surface area contributed by atoms with Gasteiger partial charge in [0.25, 0.3) is 0 Å². The van der Waals surface area contributed by atoms with Crippen molar-refractivity contribution in [2.24, 2.45) is 17.8 Å². The van der Waals surface area contributed by atoms with Crippen molar-refractivity contribution in [2.75, 3.05) is 0 Å². The van der Waals surface area contributed by atoms with E-state index in [1.165, 1.54) is 69.8 Å². The lowest BCUT2D eigenvalue weighted by Gasteiger charge is -2.29. The molecule has 2 atom stereocenters.